The molecule has 1 aliphatic heterocycles. The summed E-state index contributed by atoms with van der Waals surface area (Å²) in [7, 11) is 0. The fourth-order valence-electron chi connectivity index (χ4n) is 3.97. The van der Waals surface area contributed by atoms with Crippen molar-refractivity contribution in [2.24, 2.45) is 5.92 Å². The summed E-state index contributed by atoms with van der Waals surface area (Å²) in [5.74, 6) is -0.235. The first-order chi connectivity index (χ1) is 13.6. The van der Waals surface area contributed by atoms with Crippen LogP contribution in [-0.4, -0.2) is 22.8 Å². The van der Waals surface area contributed by atoms with Gasteiger partial charge in [0.25, 0.3) is 0 Å². The number of nitrogens with zero attached hydrogens (tertiary/aromatic N) is 1. The third-order valence-electron chi connectivity index (χ3n) is 5.42. The SMILES string of the molecule is O=C(NCc1ccccc1)C(c1ccc(Cl)c(Cl)c1)N1C(=O)[C@@H]2CC=CC[C@@H]21. The minimum absolute atomic E-state index is 0.0142. The van der Waals surface area contributed by atoms with Crippen molar-refractivity contribution in [3.63, 3.8) is 0 Å². The number of amides is 2. The molecule has 0 bridgehead atoms. The molecule has 1 fully saturated rings. The molecule has 2 amide bonds. The van der Waals surface area contributed by atoms with Gasteiger partial charge in [-0.15, -0.1) is 0 Å². The second-order valence-electron chi connectivity index (χ2n) is 7.14. The van der Waals surface area contributed by atoms with Gasteiger partial charge in [-0.05, 0) is 36.1 Å². The number of hydrogen-bond acceptors (Lipinski definition) is 2. The first-order valence-corrected chi connectivity index (χ1v) is 10.1. The molecule has 0 radical (unpaired) electrons. The van der Waals surface area contributed by atoms with Crippen LogP contribution in [0.5, 0.6) is 0 Å². The first-order valence-electron chi connectivity index (χ1n) is 9.30. The maximum atomic E-state index is 13.2. The van der Waals surface area contributed by atoms with Gasteiger partial charge in [-0.1, -0.05) is 71.8 Å². The van der Waals surface area contributed by atoms with Crippen molar-refractivity contribution in [1.82, 2.24) is 10.2 Å². The van der Waals surface area contributed by atoms with Crippen LogP contribution in [0, 0.1) is 5.92 Å². The van der Waals surface area contributed by atoms with E-state index in [4.69, 9.17) is 23.2 Å². The zero-order valence-electron chi connectivity index (χ0n) is 15.1. The van der Waals surface area contributed by atoms with Crippen molar-refractivity contribution in [3.05, 3.63) is 81.9 Å². The lowest BCUT2D eigenvalue weighted by Crippen LogP contribution is -2.64. The van der Waals surface area contributed by atoms with E-state index in [1.54, 1.807) is 23.1 Å². The fourth-order valence-corrected chi connectivity index (χ4v) is 4.27. The van der Waals surface area contributed by atoms with Gasteiger partial charge in [0.1, 0.15) is 6.04 Å². The molecule has 0 spiro atoms. The molecule has 144 valence electrons. The Bertz CT molecular complexity index is 929. The monoisotopic (exact) mass is 414 g/mol. The lowest BCUT2D eigenvalue weighted by atomic mass is 9.77. The first kappa shape index (κ1) is 19.0. The highest BCUT2D eigenvalue weighted by molar-refractivity contribution is 6.42. The third kappa shape index (κ3) is 3.54. The number of halogens is 2. The van der Waals surface area contributed by atoms with E-state index in [2.05, 4.69) is 11.4 Å². The smallest absolute Gasteiger partial charge is 0.247 e. The van der Waals surface area contributed by atoms with Crippen LogP contribution >= 0.6 is 23.2 Å². The summed E-state index contributed by atoms with van der Waals surface area (Å²) in [4.78, 5) is 27.7. The van der Waals surface area contributed by atoms with Crippen molar-refractivity contribution in [2.75, 3.05) is 0 Å². The number of fused-ring (bicyclic) bond motifs is 1. The predicted octanol–water partition coefficient (Wildman–Crippen LogP) is 4.53. The molecule has 1 heterocycles. The van der Waals surface area contributed by atoms with Crippen LogP contribution in [0.2, 0.25) is 10.0 Å². The Hall–Kier alpha value is -2.30. The predicted molar refractivity (Wildman–Crippen MR) is 110 cm³/mol. The number of carbonyl (C=O) groups is 2. The van der Waals surface area contributed by atoms with Gasteiger partial charge in [0.2, 0.25) is 11.8 Å². The highest BCUT2D eigenvalue weighted by Gasteiger charge is 2.51. The zero-order valence-corrected chi connectivity index (χ0v) is 16.7. The maximum Gasteiger partial charge on any atom is 0.247 e. The second-order valence-corrected chi connectivity index (χ2v) is 7.96. The van der Waals surface area contributed by atoms with Crippen LogP contribution in [0.4, 0.5) is 0 Å². The molecule has 2 aliphatic rings. The van der Waals surface area contributed by atoms with E-state index in [-0.39, 0.29) is 23.8 Å². The molecule has 1 saturated heterocycles. The van der Waals surface area contributed by atoms with Crippen LogP contribution in [0.3, 0.4) is 0 Å². The molecule has 4 rings (SSSR count). The zero-order chi connectivity index (χ0) is 19.7. The van der Waals surface area contributed by atoms with E-state index in [9.17, 15) is 9.59 Å². The number of allylic oxidation sites excluding steroid dienone is 1. The van der Waals surface area contributed by atoms with Crippen molar-refractivity contribution < 1.29 is 9.59 Å². The average Bonchev–Trinajstić information content (AvgIpc) is 2.72. The molecule has 1 aliphatic carbocycles. The maximum absolute atomic E-state index is 13.2. The lowest BCUT2D eigenvalue weighted by molar-refractivity contribution is -0.165. The highest BCUT2D eigenvalue weighted by Crippen LogP contribution is 2.42. The van der Waals surface area contributed by atoms with Gasteiger partial charge in [0.15, 0.2) is 0 Å². The topological polar surface area (TPSA) is 49.4 Å². The van der Waals surface area contributed by atoms with Gasteiger partial charge in [0, 0.05) is 12.6 Å². The fraction of sp³-hybridized carbons (Fsp3) is 0.273. The summed E-state index contributed by atoms with van der Waals surface area (Å²) in [6.45, 7) is 0.396. The van der Waals surface area contributed by atoms with Gasteiger partial charge in [-0.3, -0.25) is 9.59 Å². The number of nitrogens with one attached hydrogen (secondary N) is 1. The van der Waals surface area contributed by atoms with Gasteiger partial charge in [-0.25, -0.2) is 0 Å². The molecular formula is C22H20Cl2N2O2. The Balaban J connectivity index is 1.61. The number of carbonyl (C=O) groups excluding carboxylic acids is 2. The molecule has 0 saturated carbocycles. The van der Waals surface area contributed by atoms with E-state index >= 15 is 0 Å². The quantitative estimate of drug-likeness (QED) is 0.576. The third-order valence-corrected chi connectivity index (χ3v) is 6.16. The average molecular weight is 415 g/mol. The van der Waals surface area contributed by atoms with E-state index in [1.807, 2.05) is 36.4 Å². The van der Waals surface area contributed by atoms with E-state index in [0.29, 0.717) is 22.2 Å². The number of hydrogen-bond donors (Lipinski definition) is 1. The van der Waals surface area contributed by atoms with Crippen LogP contribution < -0.4 is 5.32 Å². The lowest BCUT2D eigenvalue weighted by Gasteiger charge is -2.51. The molecule has 2 aromatic rings. The van der Waals surface area contributed by atoms with Gasteiger partial charge in [0.05, 0.1) is 16.0 Å². The summed E-state index contributed by atoms with van der Waals surface area (Å²) < 4.78 is 0. The van der Waals surface area contributed by atoms with Crippen molar-refractivity contribution in [3.8, 4) is 0 Å². The Morgan fingerprint density at radius 2 is 1.82 bits per heavy atom. The molecular weight excluding hydrogens is 395 g/mol. The van der Waals surface area contributed by atoms with Crippen molar-refractivity contribution >= 4 is 35.0 Å². The Morgan fingerprint density at radius 3 is 2.57 bits per heavy atom. The largest absolute Gasteiger partial charge is 0.350 e. The molecule has 6 heteroatoms. The Kier molecular flexibility index (Phi) is 5.42. The van der Waals surface area contributed by atoms with Gasteiger partial charge < -0.3 is 10.2 Å². The summed E-state index contributed by atoms with van der Waals surface area (Å²) in [6.07, 6.45) is 5.62. The molecule has 0 aromatic heterocycles. The number of benzene rings is 2. The standard InChI is InChI=1S/C22H20Cl2N2O2/c23-17-11-10-15(12-18(17)24)20(21(27)25-13-14-6-2-1-3-7-14)26-19-9-5-4-8-16(19)22(26)28/h1-7,10-12,16,19-20H,8-9,13H2,(H,25,27)/t16-,19+,20?/m1/s1. The van der Waals surface area contributed by atoms with Gasteiger partial charge >= 0.3 is 0 Å². The minimum atomic E-state index is -0.723. The van der Waals surface area contributed by atoms with Crippen molar-refractivity contribution in [2.45, 2.75) is 31.5 Å². The van der Waals surface area contributed by atoms with Crippen molar-refractivity contribution in [1.29, 1.82) is 0 Å². The molecule has 1 unspecified atom stereocenters. The Morgan fingerprint density at radius 1 is 1.07 bits per heavy atom. The minimum Gasteiger partial charge on any atom is -0.350 e. The summed E-state index contributed by atoms with van der Waals surface area (Å²) >= 11 is 12.2. The molecule has 3 atom stereocenters. The number of β-lactam (4-membered cyclic amide) rings is 1. The molecule has 4 nitrogen and oxygen atoms in total. The normalized spacial score (nSPS) is 21.6. The molecule has 28 heavy (non-hydrogen) atoms. The number of likely N-dealkylation sites (tertiary alicyclic amines) is 1. The van der Waals surface area contributed by atoms with E-state index < -0.39 is 6.04 Å². The van der Waals surface area contributed by atoms with Crippen LogP contribution in [-0.2, 0) is 16.1 Å². The summed E-state index contributed by atoms with van der Waals surface area (Å²) in [5, 5.41) is 3.76. The summed E-state index contributed by atoms with van der Waals surface area (Å²) in [6, 6.07) is 14.1. The second kappa shape index (κ2) is 7.98. The summed E-state index contributed by atoms with van der Waals surface area (Å²) in [5.41, 5.74) is 1.67. The highest BCUT2D eigenvalue weighted by atomic mass is 35.5. The Labute approximate surface area is 174 Å². The molecule has 2 aromatic carbocycles. The van der Waals surface area contributed by atoms with E-state index in [1.165, 1.54) is 0 Å². The van der Waals surface area contributed by atoms with Crippen LogP contribution in [0.25, 0.3) is 0 Å². The molecule has 1 N–H and O–H groups in total. The van der Waals surface area contributed by atoms with Gasteiger partial charge in [-0.2, -0.15) is 0 Å². The van der Waals surface area contributed by atoms with E-state index in [0.717, 1.165) is 18.4 Å². The number of rotatable bonds is 5. The van der Waals surface area contributed by atoms with Crippen LogP contribution in [0.15, 0.2) is 60.7 Å². The van der Waals surface area contributed by atoms with Crippen LogP contribution in [0.1, 0.15) is 30.0 Å².